The van der Waals surface area contributed by atoms with Crippen molar-refractivity contribution in [3.8, 4) is 0 Å². The molecule has 0 aliphatic rings. The van der Waals surface area contributed by atoms with Gasteiger partial charge in [-0.2, -0.15) is 0 Å². The van der Waals surface area contributed by atoms with E-state index in [1.165, 1.54) is 17.3 Å². The molecule has 0 aliphatic carbocycles. The van der Waals surface area contributed by atoms with Crippen LogP contribution < -0.4 is 10.9 Å². The Hall–Kier alpha value is -2.14. The lowest BCUT2D eigenvalue weighted by atomic mass is 10.0. The third-order valence-corrected chi connectivity index (χ3v) is 2.69. The summed E-state index contributed by atoms with van der Waals surface area (Å²) in [4.78, 5) is 0. The first-order chi connectivity index (χ1) is 9.09. The van der Waals surface area contributed by atoms with E-state index in [4.69, 9.17) is 10.3 Å². The summed E-state index contributed by atoms with van der Waals surface area (Å²) in [7, 11) is 1.61. The molecular formula is C14H14F2N2O. The zero-order valence-electron chi connectivity index (χ0n) is 10.4. The monoisotopic (exact) mass is 264 g/mol. The lowest BCUT2D eigenvalue weighted by Crippen LogP contribution is -2.26. The van der Waals surface area contributed by atoms with Crippen LogP contribution in [0, 0.1) is 0 Å². The molecule has 1 heterocycles. The van der Waals surface area contributed by atoms with Gasteiger partial charge in [-0.15, -0.1) is 0 Å². The van der Waals surface area contributed by atoms with Crippen LogP contribution in [0.1, 0.15) is 23.3 Å². The van der Waals surface area contributed by atoms with E-state index in [9.17, 15) is 8.78 Å². The average Bonchev–Trinajstić information content (AvgIpc) is 2.88. The van der Waals surface area contributed by atoms with Crippen molar-refractivity contribution in [2.45, 2.75) is 6.43 Å². The first kappa shape index (κ1) is 13.3. The number of hydrazine groups is 1. The van der Waals surface area contributed by atoms with Crippen molar-refractivity contribution in [1.29, 1.82) is 0 Å². The minimum Gasteiger partial charge on any atom is -0.465 e. The minimum atomic E-state index is -2.56. The Balaban J connectivity index is 2.46. The van der Waals surface area contributed by atoms with E-state index in [1.807, 2.05) is 0 Å². The summed E-state index contributed by atoms with van der Waals surface area (Å²) in [6, 6.07) is 8.11. The summed E-state index contributed by atoms with van der Waals surface area (Å²) in [6.45, 7) is 0. The second kappa shape index (κ2) is 5.67. The zero-order valence-corrected chi connectivity index (χ0v) is 10.4. The van der Waals surface area contributed by atoms with Gasteiger partial charge in [-0.05, 0) is 30.4 Å². The molecule has 19 heavy (non-hydrogen) atoms. The number of nitrogens with zero attached hydrogens (tertiary/aromatic N) is 1. The van der Waals surface area contributed by atoms with E-state index >= 15 is 0 Å². The summed E-state index contributed by atoms with van der Waals surface area (Å²) in [6.07, 6.45) is 2.18. The van der Waals surface area contributed by atoms with Crippen LogP contribution >= 0.6 is 0 Å². The van der Waals surface area contributed by atoms with Crippen LogP contribution in [0.2, 0.25) is 0 Å². The Kier molecular flexibility index (Phi) is 3.97. The first-order valence-corrected chi connectivity index (χ1v) is 5.70. The summed E-state index contributed by atoms with van der Waals surface area (Å²) in [5.41, 5.74) is 0.858. The molecule has 0 fully saturated rings. The summed E-state index contributed by atoms with van der Waals surface area (Å²) < 4.78 is 31.2. The number of alkyl halides is 2. The van der Waals surface area contributed by atoms with Crippen molar-refractivity contribution in [3.05, 3.63) is 53.5 Å². The van der Waals surface area contributed by atoms with Crippen LogP contribution in [-0.4, -0.2) is 7.05 Å². The van der Waals surface area contributed by atoms with Crippen LogP contribution in [0.15, 0.2) is 41.0 Å². The number of hydrogen-bond acceptors (Lipinski definition) is 3. The van der Waals surface area contributed by atoms with Crippen molar-refractivity contribution >= 4 is 17.8 Å². The third kappa shape index (κ3) is 3.00. The van der Waals surface area contributed by atoms with Gasteiger partial charge < -0.3 is 9.43 Å². The molecule has 2 aromatic rings. The molecule has 0 bridgehead atoms. The van der Waals surface area contributed by atoms with Gasteiger partial charge >= 0.3 is 0 Å². The summed E-state index contributed by atoms with van der Waals surface area (Å²) >= 11 is 0. The number of halogens is 2. The minimum absolute atomic E-state index is 0.0578. The topological polar surface area (TPSA) is 42.4 Å². The standard InChI is InChI=1S/C14H14F2N2O/c1-18(17)13-6-2-5-12(14(15)16)11(13)8-7-10-4-3-9-19-10/h2-9,14H,17H2,1H3/b8-7+. The molecule has 0 saturated heterocycles. The molecule has 1 aromatic heterocycles. The average molecular weight is 264 g/mol. The van der Waals surface area contributed by atoms with E-state index in [1.54, 1.807) is 43.5 Å². The number of hydrogen-bond donors (Lipinski definition) is 1. The predicted octanol–water partition coefficient (Wildman–Crippen LogP) is 3.70. The molecule has 1 aromatic carbocycles. The largest absolute Gasteiger partial charge is 0.465 e. The highest BCUT2D eigenvalue weighted by molar-refractivity contribution is 5.78. The molecule has 3 nitrogen and oxygen atoms in total. The van der Waals surface area contributed by atoms with Crippen LogP contribution in [0.4, 0.5) is 14.5 Å². The molecule has 0 atom stereocenters. The van der Waals surface area contributed by atoms with Crippen molar-refractivity contribution < 1.29 is 13.2 Å². The van der Waals surface area contributed by atoms with Crippen LogP contribution in [0.5, 0.6) is 0 Å². The highest BCUT2D eigenvalue weighted by atomic mass is 19.3. The highest BCUT2D eigenvalue weighted by Crippen LogP contribution is 2.31. The quantitative estimate of drug-likeness (QED) is 0.676. The molecule has 5 heteroatoms. The van der Waals surface area contributed by atoms with Crippen LogP contribution in [0.3, 0.4) is 0 Å². The van der Waals surface area contributed by atoms with Gasteiger partial charge in [-0.1, -0.05) is 12.1 Å². The first-order valence-electron chi connectivity index (χ1n) is 5.70. The van der Waals surface area contributed by atoms with Gasteiger partial charge in [0.15, 0.2) is 0 Å². The lowest BCUT2D eigenvalue weighted by molar-refractivity contribution is 0.151. The molecule has 0 radical (unpaired) electrons. The van der Waals surface area contributed by atoms with Crippen LogP contribution in [0.25, 0.3) is 12.2 Å². The SMILES string of the molecule is CN(N)c1cccc(C(F)F)c1/C=C/c1ccco1. The van der Waals surface area contributed by atoms with Gasteiger partial charge in [0, 0.05) is 18.2 Å². The Bertz CT molecular complexity index is 537. The fourth-order valence-corrected chi connectivity index (χ4v) is 1.80. The van der Waals surface area contributed by atoms with E-state index in [0.29, 0.717) is 17.0 Å². The highest BCUT2D eigenvalue weighted by Gasteiger charge is 2.15. The molecule has 0 aliphatic heterocycles. The number of benzene rings is 1. The van der Waals surface area contributed by atoms with Crippen molar-refractivity contribution in [1.82, 2.24) is 0 Å². The Morgan fingerprint density at radius 1 is 1.21 bits per heavy atom. The molecule has 0 amide bonds. The van der Waals surface area contributed by atoms with Gasteiger partial charge in [0.2, 0.25) is 0 Å². The normalized spacial score (nSPS) is 11.4. The Morgan fingerprint density at radius 2 is 2.00 bits per heavy atom. The molecule has 2 rings (SSSR count). The Labute approximate surface area is 109 Å². The van der Waals surface area contributed by atoms with Gasteiger partial charge in [0.25, 0.3) is 6.43 Å². The zero-order chi connectivity index (χ0) is 13.8. The maximum atomic E-state index is 13.0. The second-order valence-electron chi connectivity index (χ2n) is 4.04. The molecular weight excluding hydrogens is 250 g/mol. The van der Waals surface area contributed by atoms with E-state index in [0.717, 1.165) is 0 Å². The van der Waals surface area contributed by atoms with E-state index < -0.39 is 6.43 Å². The smallest absolute Gasteiger partial charge is 0.264 e. The second-order valence-corrected chi connectivity index (χ2v) is 4.04. The van der Waals surface area contributed by atoms with Crippen LogP contribution in [-0.2, 0) is 0 Å². The van der Waals surface area contributed by atoms with E-state index in [2.05, 4.69) is 0 Å². The van der Waals surface area contributed by atoms with Gasteiger partial charge in [-0.3, -0.25) is 0 Å². The van der Waals surface area contributed by atoms with Gasteiger partial charge in [0.05, 0.1) is 12.0 Å². The fourth-order valence-electron chi connectivity index (χ4n) is 1.80. The number of nitrogens with two attached hydrogens (primary N) is 1. The third-order valence-electron chi connectivity index (χ3n) is 2.69. The Morgan fingerprint density at radius 3 is 2.58 bits per heavy atom. The van der Waals surface area contributed by atoms with Gasteiger partial charge in [0.1, 0.15) is 5.76 Å². The maximum Gasteiger partial charge on any atom is 0.264 e. The van der Waals surface area contributed by atoms with Crippen molar-refractivity contribution in [2.75, 3.05) is 12.1 Å². The molecule has 100 valence electrons. The van der Waals surface area contributed by atoms with Gasteiger partial charge in [-0.25, -0.2) is 14.6 Å². The van der Waals surface area contributed by atoms with Crippen molar-refractivity contribution in [3.63, 3.8) is 0 Å². The molecule has 0 saturated carbocycles. The molecule has 2 N–H and O–H groups in total. The fraction of sp³-hybridized carbons (Fsp3) is 0.143. The van der Waals surface area contributed by atoms with Crippen molar-refractivity contribution in [2.24, 2.45) is 5.84 Å². The molecule has 0 spiro atoms. The summed E-state index contributed by atoms with van der Waals surface area (Å²) in [5.74, 6) is 6.26. The number of furan rings is 1. The summed E-state index contributed by atoms with van der Waals surface area (Å²) in [5, 5.41) is 1.31. The van der Waals surface area contributed by atoms with E-state index in [-0.39, 0.29) is 5.56 Å². The number of rotatable bonds is 4. The number of anilines is 1. The lowest BCUT2D eigenvalue weighted by Gasteiger charge is -2.17. The predicted molar refractivity (Wildman–Crippen MR) is 71.6 cm³/mol. The molecule has 0 unspecified atom stereocenters. The maximum absolute atomic E-state index is 13.0.